The average Bonchev–Trinajstić information content (AvgIpc) is 2.77. The van der Waals surface area contributed by atoms with Crippen LogP contribution in [0.15, 0.2) is 16.9 Å². The zero-order chi connectivity index (χ0) is 25.0. The number of aryl methyl sites for hydroxylation is 2. The average molecular weight is 490 g/mol. The number of hydrogen-bond acceptors (Lipinski definition) is 5. The molecule has 3 rings (SSSR count). The molecule has 0 saturated heterocycles. The topological polar surface area (TPSA) is 83.7 Å². The minimum atomic E-state index is -0.322. The standard InChI is InChI=1S/C26H36ClN3O4/c1-7-33-23-17(4)20(25(31)28-14-21-15(2)12-16(3)29-26(21)32)13-22(27)24(23)34-19-10-8-18(9-11-19)30(5)6/h12-13,18-19H,7-11,14H2,1-6H3,(H,28,31)(H,29,32)/t18-,19-. The fourth-order valence-electron chi connectivity index (χ4n) is 4.58. The molecule has 1 aliphatic rings. The van der Waals surface area contributed by atoms with Gasteiger partial charge >= 0.3 is 0 Å². The van der Waals surface area contributed by atoms with E-state index in [9.17, 15) is 9.59 Å². The van der Waals surface area contributed by atoms with Crippen LogP contribution >= 0.6 is 11.6 Å². The van der Waals surface area contributed by atoms with Crippen LogP contribution in [-0.2, 0) is 6.54 Å². The van der Waals surface area contributed by atoms with Crippen molar-refractivity contribution in [2.45, 2.75) is 72.1 Å². The van der Waals surface area contributed by atoms with E-state index < -0.39 is 0 Å². The van der Waals surface area contributed by atoms with Gasteiger partial charge in [0.2, 0.25) is 0 Å². The van der Waals surface area contributed by atoms with E-state index in [1.165, 1.54) is 0 Å². The maximum absolute atomic E-state index is 13.1. The summed E-state index contributed by atoms with van der Waals surface area (Å²) in [5.74, 6) is 0.675. The molecule has 2 N–H and O–H groups in total. The van der Waals surface area contributed by atoms with Crippen LogP contribution in [-0.4, -0.2) is 48.6 Å². The number of H-pyrrole nitrogens is 1. The van der Waals surface area contributed by atoms with Crippen molar-refractivity contribution in [3.05, 3.63) is 55.5 Å². The lowest BCUT2D eigenvalue weighted by molar-refractivity contribution is 0.0948. The maximum Gasteiger partial charge on any atom is 0.253 e. The van der Waals surface area contributed by atoms with E-state index in [2.05, 4.69) is 29.3 Å². The number of rotatable bonds is 8. The highest BCUT2D eigenvalue weighted by atomic mass is 35.5. The van der Waals surface area contributed by atoms with Crippen LogP contribution in [0, 0.1) is 20.8 Å². The van der Waals surface area contributed by atoms with Crippen molar-refractivity contribution in [3.63, 3.8) is 0 Å². The van der Waals surface area contributed by atoms with Crippen molar-refractivity contribution in [2.24, 2.45) is 0 Å². The smallest absolute Gasteiger partial charge is 0.253 e. The normalized spacial score (nSPS) is 18.1. The van der Waals surface area contributed by atoms with Crippen molar-refractivity contribution in [2.75, 3.05) is 20.7 Å². The molecule has 1 heterocycles. The molecule has 0 radical (unpaired) electrons. The van der Waals surface area contributed by atoms with Gasteiger partial charge in [-0.05, 0) is 85.2 Å². The second-order valence-electron chi connectivity index (χ2n) is 9.26. The molecule has 0 aliphatic heterocycles. The fraction of sp³-hybridized carbons (Fsp3) is 0.538. The summed E-state index contributed by atoms with van der Waals surface area (Å²) in [6.45, 7) is 7.94. The van der Waals surface area contributed by atoms with Crippen molar-refractivity contribution < 1.29 is 14.3 Å². The van der Waals surface area contributed by atoms with E-state index in [1.807, 2.05) is 33.8 Å². The third kappa shape index (κ3) is 5.94. The molecule has 34 heavy (non-hydrogen) atoms. The number of nitrogens with zero attached hydrogens (tertiary/aromatic N) is 1. The van der Waals surface area contributed by atoms with E-state index >= 15 is 0 Å². The Hall–Kier alpha value is -2.51. The van der Waals surface area contributed by atoms with Gasteiger partial charge in [0.15, 0.2) is 11.5 Å². The lowest BCUT2D eigenvalue weighted by Gasteiger charge is -2.33. The van der Waals surface area contributed by atoms with Gasteiger partial charge in [-0.25, -0.2) is 0 Å². The second-order valence-corrected chi connectivity index (χ2v) is 9.67. The minimum Gasteiger partial charge on any atom is -0.490 e. The largest absolute Gasteiger partial charge is 0.490 e. The highest BCUT2D eigenvalue weighted by Gasteiger charge is 2.27. The van der Waals surface area contributed by atoms with Crippen LogP contribution in [0.1, 0.15) is 65.3 Å². The molecule has 1 aliphatic carbocycles. The highest BCUT2D eigenvalue weighted by molar-refractivity contribution is 6.32. The van der Waals surface area contributed by atoms with Gasteiger partial charge in [0.25, 0.3) is 11.5 Å². The first-order chi connectivity index (χ1) is 16.1. The van der Waals surface area contributed by atoms with Gasteiger partial charge < -0.3 is 24.7 Å². The summed E-state index contributed by atoms with van der Waals surface area (Å²) >= 11 is 6.62. The predicted molar refractivity (Wildman–Crippen MR) is 135 cm³/mol. The molecule has 1 aromatic heterocycles. The van der Waals surface area contributed by atoms with Crippen LogP contribution in [0.3, 0.4) is 0 Å². The number of aromatic nitrogens is 1. The summed E-state index contributed by atoms with van der Waals surface area (Å²) in [6, 6.07) is 4.08. The number of carbonyl (C=O) groups excluding carboxylic acids is 1. The van der Waals surface area contributed by atoms with Crippen LogP contribution in [0.2, 0.25) is 5.02 Å². The Labute approximate surface area is 206 Å². The van der Waals surface area contributed by atoms with E-state index in [1.54, 1.807) is 6.07 Å². The number of pyridine rings is 1. The minimum absolute atomic E-state index is 0.0585. The third-order valence-corrected chi connectivity index (χ3v) is 6.83. The molecule has 0 unspecified atom stereocenters. The molecule has 0 bridgehead atoms. The van der Waals surface area contributed by atoms with Gasteiger partial charge in [0.05, 0.1) is 17.7 Å². The van der Waals surface area contributed by atoms with Gasteiger partial charge in [-0.1, -0.05) is 11.6 Å². The summed E-state index contributed by atoms with van der Waals surface area (Å²) in [7, 11) is 4.22. The predicted octanol–water partition coefficient (Wildman–Crippen LogP) is 4.53. The lowest BCUT2D eigenvalue weighted by Crippen LogP contribution is -2.35. The van der Waals surface area contributed by atoms with E-state index in [4.69, 9.17) is 21.1 Å². The number of carbonyl (C=O) groups is 1. The number of ether oxygens (including phenoxy) is 2. The van der Waals surface area contributed by atoms with Gasteiger partial charge in [0.1, 0.15) is 0 Å². The summed E-state index contributed by atoms with van der Waals surface area (Å²) in [5.41, 5.74) is 3.01. The number of hydrogen-bond donors (Lipinski definition) is 2. The molecule has 1 fully saturated rings. The maximum atomic E-state index is 13.1. The highest BCUT2D eigenvalue weighted by Crippen LogP contribution is 2.42. The van der Waals surface area contributed by atoms with Gasteiger partial charge in [-0.2, -0.15) is 0 Å². The number of benzene rings is 1. The Bertz CT molecular complexity index is 1090. The lowest BCUT2D eigenvalue weighted by atomic mass is 9.92. The Morgan fingerprint density at radius 2 is 1.82 bits per heavy atom. The number of halogens is 1. The third-order valence-electron chi connectivity index (χ3n) is 6.55. The van der Waals surface area contributed by atoms with Gasteiger partial charge in [-0.15, -0.1) is 0 Å². The first-order valence-corrected chi connectivity index (χ1v) is 12.3. The van der Waals surface area contributed by atoms with Gasteiger partial charge in [-0.3, -0.25) is 9.59 Å². The van der Waals surface area contributed by atoms with Crippen LogP contribution in [0.4, 0.5) is 0 Å². The molecule has 0 spiro atoms. The van der Waals surface area contributed by atoms with Crippen molar-refractivity contribution in [1.82, 2.24) is 15.2 Å². The summed E-state index contributed by atoms with van der Waals surface area (Å²) in [6.07, 6.45) is 4.07. The molecule has 1 aromatic carbocycles. The summed E-state index contributed by atoms with van der Waals surface area (Å²) in [5, 5.41) is 3.20. The Balaban J connectivity index is 1.80. The Morgan fingerprint density at radius 3 is 2.41 bits per heavy atom. The van der Waals surface area contributed by atoms with E-state index in [0.29, 0.717) is 45.9 Å². The van der Waals surface area contributed by atoms with E-state index in [0.717, 1.165) is 36.9 Å². The Kier molecular flexibility index (Phi) is 8.66. The number of aromatic amines is 1. The van der Waals surface area contributed by atoms with Crippen LogP contribution in [0.5, 0.6) is 11.5 Å². The van der Waals surface area contributed by atoms with Crippen molar-refractivity contribution in [1.29, 1.82) is 0 Å². The molecule has 0 atom stereocenters. The summed E-state index contributed by atoms with van der Waals surface area (Å²) in [4.78, 5) is 30.4. The fourth-order valence-corrected chi connectivity index (χ4v) is 4.82. The zero-order valence-corrected chi connectivity index (χ0v) is 21.8. The molecule has 7 nitrogen and oxygen atoms in total. The van der Waals surface area contributed by atoms with E-state index in [-0.39, 0.29) is 24.1 Å². The quantitative estimate of drug-likeness (QED) is 0.569. The molecular weight excluding hydrogens is 454 g/mol. The first kappa shape index (κ1) is 26.1. The van der Waals surface area contributed by atoms with Crippen LogP contribution in [0.25, 0.3) is 0 Å². The molecule has 8 heteroatoms. The zero-order valence-electron chi connectivity index (χ0n) is 21.0. The molecular formula is C26H36ClN3O4. The van der Waals surface area contributed by atoms with Crippen molar-refractivity contribution >= 4 is 17.5 Å². The Morgan fingerprint density at radius 1 is 1.15 bits per heavy atom. The summed E-state index contributed by atoms with van der Waals surface area (Å²) < 4.78 is 12.2. The number of amides is 1. The molecule has 1 amide bonds. The van der Waals surface area contributed by atoms with Crippen molar-refractivity contribution in [3.8, 4) is 11.5 Å². The van der Waals surface area contributed by atoms with Crippen LogP contribution < -0.4 is 20.3 Å². The number of nitrogens with one attached hydrogen (secondary N) is 2. The molecule has 2 aromatic rings. The monoisotopic (exact) mass is 489 g/mol. The van der Waals surface area contributed by atoms with Gasteiger partial charge in [0, 0.05) is 35.0 Å². The molecule has 186 valence electrons. The SMILES string of the molecule is CCOc1c(C)c(C(=O)NCc2c(C)cc(C)[nH]c2=O)cc(Cl)c1O[C@H]1CC[C@H](N(C)C)CC1. The molecule has 1 saturated carbocycles. The second kappa shape index (κ2) is 11.3. The first-order valence-electron chi connectivity index (χ1n) is 11.9.